The number of carbonyl (C=O) groups excluding carboxylic acids is 2. The molecule has 0 atom stereocenters. The number of amides is 2. The van der Waals surface area contributed by atoms with Crippen LogP contribution in [0.4, 0.5) is 4.39 Å². The van der Waals surface area contributed by atoms with Crippen molar-refractivity contribution in [3.63, 3.8) is 0 Å². The summed E-state index contributed by atoms with van der Waals surface area (Å²) in [6, 6.07) is 4.53. The van der Waals surface area contributed by atoms with Crippen LogP contribution in [-0.2, 0) is 4.79 Å². The molecule has 1 aromatic rings. The van der Waals surface area contributed by atoms with Crippen LogP contribution in [0.2, 0.25) is 0 Å². The van der Waals surface area contributed by atoms with Crippen molar-refractivity contribution in [3.8, 4) is 0 Å². The van der Waals surface area contributed by atoms with Gasteiger partial charge in [-0.25, -0.2) is 4.39 Å². The molecule has 1 aromatic carbocycles. The van der Waals surface area contributed by atoms with Crippen molar-refractivity contribution in [2.75, 3.05) is 32.7 Å². The molecule has 114 valence electrons. The first-order valence-electron chi connectivity index (χ1n) is 7.03. The topological polar surface area (TPSA) is 66.6 Å². The van der Waals surface area contributed by atoms with Gasteiger partial charge in [-0.05, 0) is 25.5 Å². The molecule has 0 unspecified atom stereocenters. The fourth-order valence-corrected chi connectivity index (χ4v) is 2.53. The smallest absolute Gasteiger partial charge is 0.256 e. The lowest BCUT2D eigenvalue weighted by Gasteiger charge is -2.21. The molecule has 0 aromatic heterocycles. The number of nitrogens with zero attached hydrogens (tertiary/aromatic N) is 2. The number of halogens is 1. The summed E-state index contributed by atoms with van der Waals surface area (Å²) in [7, 11) is 0. The maximum absolute atomic E-state index is 13.8. The molecular weight excluding hydrogens is 273 g/mol. The molecule has 5 nitrogen and oxygen atoms in total. The van der Waals surface area contributed by atoms with Gasteiger partial charge in [0.05, 0.1) is 12.1 Å². The van der Waals surface area contributed by atoms with E-state index in [0.29, 0.717) is 26.2 Å². The van der Waals surface area contributed by atoms with E-state index in [0.717, 1.165) is 12.0 Å². The van der Waals surface area contributed by atoms with E-state index in [-0.39, 0.29) is 23.9 Å². The Morgan fingerprint density at radius 2 is 2.00 bits per heavy atom. The lowest BCUT2D eigenvalue weighted by molar-refractivity contribution is -0.119. The van der Waals surface area contributed by atoms with Gasteiger partial charge in [0.25, 0.3) is 5.91 Å². The van der Waals surface area contributed by atoms with Crippen LogP contribution < -0.4 is 5.73 Å². The van der Waals surface area contributed by atoms with E-state index in [1.165, 1.54) is 6.07 Å². The fraction of sp³-hybridized carbons (Fsp3) is 0.467. The molecule has 0 saturated carbocycles. The van der Waals surface area contributed by atoms with Gasteiger partial charge < -0.3 is 10.6 Å². The van der Waals surface area contributed by atoms with Gasteiger partial charge >= 0.3 is 0 Å². The first kappa shape index (κ1) is 15.4. The second kappa shape index (κ2) is 6.67. The summed E-state index contributed by atoms with van der Waals surface area (Å²) in [5.41, 5.74) is 6.15. The molecule has 2 N–H and O–H groups in total. The summed E-state index contributed by atoms with van der Waals surface area (Å²) in [6.45, 7) is 4.33. The van der Waals surface area contributed by atoms with Crippen LogP contribution in [0.3, 0.4) is 0 Å². The molecular formula is C15H20FN3O2. The third-order valence-electron chi connectivity index (χ3n) is 3.61. The number of carbonyl (C=O) groups is 2. The minimum atomic E-state index is -0.496. The normalized spacial score (nSPS) is 16.6. The van der Waals surface area contributed by atoms with Crippen molar-refractivity contribution in [3.05, 3.63) is 35.1 Å². The molecule has 2 amide bonds. The molecule has 0 radical (unpaired) electrons. The van der Waals surface area contributed by atoms with E-state index in [2.05, 4.69) is 0 Å². The van der Waals surface area contributed by atoms with Gasteiger partial charge in [0.1, 0.15) is 5.82 Å². The maximum atomic E-state index is 13.8. The van der Waals surface area contributed by atoms with Gasteiger partial charge in [0.2, 0.25) is 5.91 Å². The van der Waals surface area contributed by atoms with Crippen molar-refractivity contribution < 1.29 is 14.0 Å². The van der Waals surface area contributed by atoms with E-state index >= 15 is 0 Å². The van der Waals surface area contributed by atoms with Crippen molar-refractivity contribution in [2.24, 2.45) is 5.73 Å². The Kier molecular flexibility index (Phi) is 4.90. The Labute approximate surface area is 123 Å². The van der Waals surface area contributed by atoms with Gasteiger partial charge in [-0.2, -0.15) is 0 Å². The maximum Gasteiger partial charge on any atom is 0.256 e. The standard InChI is InChI=1S/C15H20FN3O2/c1-11-3-4-13(16)12(9-11)15(21)19-6-2-5-18(7-8-19)10-14(17)20/h3-4,9H,2,5-8,10H2,1H3,(H2,17,20). The third-order valence-corrected chi connectivity index (χ3v) is 3.61. The largest absolute Gasteiger partial charge is 0.369 e. The van der Waals surface area contributed by atoms with E-state index in [9.17, 15) is 14.0 Å². The number of rotatable bonds is 3. The molecule has 1 saturated heterocycles. The van der Waals surface area contributed by atoms with Crippen molar-refractivity contribution in [1.82, 2.24) is 9.80 Å². The molecule has 0 aliphatic carbocycles. The van der Waals surface area contributed by atoms with Crippen LogP contribution in [-0.4, -0.2) is 54.3 Å². The van der Waals surface area contributed by atoms with Gasteiger partial charge in [-0.3, -0.25) is 14.5 Å². The highest BCUT2D eigenvalue weighted by molar-refractivity contribution is 5.94. The second-order valence-electron chi connectivity index (χ2n) is 5.37. The Morgan fingerprint density at radius 1 is 1.24 bits per heavy atom. The minimum absolute atomic E-state index is 0.110. The molecule has 1 heterocycles. The predicted octanol–water partition coefficient (Wildman–Crippen LogP) is 0.767. The summed E-state index contributed by atoms with van der Waals surface area (Å²) < 4.78 is 13.8. The van der Waals surface area contributed by atoms with Crippen molar-refractivity contribution in [2.45, 2.75) is 13.3 Å². The SMILES string of the molecule is Cc1ccc(F)c(C(=O)N2CCCN(CC(N)=O)CC2)c1. The molecule has 2 rings (SSSR count). The fourth-order valence-electron chi connectivity index (χ4n) is 2.53. The summed E-state index contributed by atoms with van der Waals surface area (Å²) in [6.07, 6.45) is 0.743. The zero-order valence-corrected chi connectivity index (χ0v) is 12.1. The molecule has 1 aliphatic heterocycles. The van der Waals surface area contributed by atoms with Crippen LogP contribution in [0.15, 0.2) is 18.2 Å². The quantitative estimate of drug-likeness (QED) is 0.895. The molecule has 6 heteroatoms. The van der Waals surface area contributed by atoms with Gasteiger partial charge in [0.15, 0.2) is 0 Å². The number of primary amides is 1. The first-order valence-corrected chi connectivity index (χ1v) is 7.03. The van der Waals surface area contributed by atoms with Crippen molar-refractivity contribution in [1.29, 1.82) is 0 Å². The van der Waals surface area contributed by atoms with Crippen LogP contribution in [0.5, 0.6) is 0 Å². The highest BCUT2D eigenvalue weighted by atomic mass is 19.1. The summed E-state index contributed by atoms with van der Waals surface area (Å²) in [5.74, 6) is -1.17. The monoisotopic (exact) mass is 293 g/mol. The number of nitrogens with two attached hydrogens (primary N) is 1. The zero-order chi connectivity index (χ0) is 15.4. The van der Waals surface area contributed by atoms with Gasteiger partial charge in [-0.1, -0.05) is 11.6 Å². The van der Waals surface area contributed by atoms with Crippen LogP contribution >= 0.6 is 0 Å². The third kappa shape index (κ3) is 4.01. The number of benzene rings is 1. The Hall–Kier alpha value is -1.95. The molecule has 0 bridgehead atoms. The Bertz CT molecular complexity index is 548. The van der Waals surface area contributed by atoms with Crippen molar-refractivity contribution >= 4 is 11.8 Å². The van der Waals surface area contributed by atoms with Crippen LogP contribution in [0.25, 0.3) is 0 Å². The van der Waals surface area contributed by atoms with E-state index < -0.39 is 5.82 Å². The molecule has 1 fully saturated rings. The van der Waals surface area contributed by atoms with Crippen LogP contribution in [0, 0.1) is 12.7 Å². The summed E-state index contributed by atoms with van der Waals surface area (Å²) in [4.78, 5) is 26.9. The predicted molar refractivity (Wildman–Crippen MR) is 77.3 cm³/mol. The lowest BCUT2D eigenvalue weighted by atomic mass is 10.1. The second-order valence-corrected chi connectivity index (χ2v) is 5.37. The Balaban J connectivity index is 2.06. The lowest BCUT2D eigenvalue weighted by Crippen LogP contribution is -2.38. The minimum Gasteiger partial charge on any atom is -0.369 e. The van der Waals surface area contributed by atoms with E-state index in [4.69, 9.17) is 5.73 Å². The number of aryl methyl sites for hydroxylation is 1. The molecule has 0 spiro atoms. The first-order chi connectivity index (χ1) is 9.97. The molecule has 21 heavy (non-hydrogen) atoms. The van der Waals surface area contributed by atoms with E-state index in [1.807, 2.05) is 11.8 Å². The molecule has 1 aliphatic rings. The van der Waals surface area contributed by atoms with Gasteiger partial charge in [0, 0.05) is 26.2 Å². The van der Waals surface area contributed by atoms with Crippen LogP contribution in [0.1, 0.15) is 22.3 Å². The van der Waals surface area contributed by atoms with E-state index in [1.54, 1.807) is 17.0 Å². The number of hydrogen-bond donors (Lipinski definition) is 1. The highest BCUT2D eigenvalue weighted by Gasteiger charge is 2.23. The average Bonchev–Trinajstić information content (AvgIpc) is 2.66. The summed E-state index contributed by atoms with van der Waals surface area (Å²) >= 11 is 0. The number of hydrogen-bond acceptors (Lipinski definition) is 3. The Morgan fingerprint density at radius 3 is 2.71 bits per heavy atom. The average molecular weight is 293 g/mol. The zero-order valence-electron chi connectivity index (χ0n) is 12.1. The highest BCUT2D eigenvalue weighted by Crippen LogP contribution is 2.14. The summed E-state index contributed by atoms with van der Waals surface area (Å²) in [5, 5.41) is 0. The van der Waals surface area contributed by atoms with Gasteiger partial charge in [-0.15, -0.1) is 0 Å².